The maximum Gasteiger partial charge on any atom is 0.437 e. The smallest absolute Gasteiger partial charge is 0.387 e. The number of rotatable bonds is 7. The van der Waals surface area contributed by atoms with Crippen LogP contribution in [0.25, 0.3) is 21.8 Å². The standard InChI is InChI=1S/C19H21N5O4S2/c1-4-9-23-15-8-7-13(30(26,27)22(2)3)11-14(15)20-17(23)12-24-19(25)28-18(21-24)16-6-5-10-29-16/h5-8,10-11H,4,9,12H2,1-3H3. The zero-order chi connectivity index (χ0) is 21.5. The molecule has 0 aliphatic heterocycles. The SMILES string of the molecule is CCCn1c(Cn2nc(-c3cccs3)oc2=O)nc2cc(S(=O)(=O)N(C)C)ccc21. The molecule has 0 atom stereocenters. The minimum Gasteiger partial charge on any atom is -0.387 e. The zero-order valence-corrected chi connectivity index (χ0v) is 18.4. The van der Waals surface area contributed by atoms with E-state index in [0.29, 0.717) is 17.9 Å². The number of imidazole rings is 1. The maximum absolute atomic E-state index is 12.5. The van der Waals surface area contributed by atoms with E-state index < -0.39 is 15.8 Å². The topological polar surface area (TPSA) is 103 Å². The van der Waals surface area contributed by atoms with E-state index in [-0.39, 0.29) is 17.3 Å². The molecule has 0 saturated heterocycles. The second-order valence-corrected chi connectivity index (χ2v) is 10.0. The van der Waals surface area contributed by atoms with E-state index in [4.69, 9.17) is 4.42 Å². The Bertz CT molecular complexity index is 1350. The predicted molar refractivity (Wildman–Crippen MR) is 114 cm³/mol. The van der Waals surface area contributed by atoms with Crippen LogP contribution in [0.2, 0.25) is 0 Å². The monoisotopic (exact) mass is 447 g/mol. The summed E-state index contributed by atoms with van der Waals surface area (Å²) in [6.07, 6.45) is 0.852. The van der Waals surface area contributed by atoms with E-state index >= 15 is 0 Å². The summed E-state index contributed by atoms with van der Waals surface area (Å²) in [6.45, 7) is 2.84. The van der Waals surface area contributed by atoms with Crippen molar-refractivity contribution in [1.29, 1.82) is 0 Å². The normalized spacial score (nSPS) is 12.3. The van der Waals surface area contributed by atoms with Gasteiger partial charge in [0.05, 0.1) is 20.8 Å². The third-order valence-electron chi connectivity index (χ3n) is 4.65. The molecule has 9 nitrogen and oxygen atoms in total. The lowest BCUT2D eigenvalue weighted by Crippen LogP contribution is -2.22. The first-order valence-corrected chi connectivity index (χ1v) is 11.7. The molecular weight excluding hydrogens is 426 g/mol. The number of aromatic nitrogens is 4. The third-order valence-corrected chi connectivity index (χ3v) is 7.32. The molecule has 4 aromatic rings. The highest BCUT2D eigenvalue weighted by molar-refractivity contribution is 7.89. The quantitative estimate of drug-likeness (QED) is 0.431. The fourth-order valence-electron chi connectivity index (χ4n) is 3.16. The Kier molecular flexibility index (Phi) is 5.35. The molecule has 0 unspecified atom stereocenters. The fraction of sp³-hybridized carbons (Fsp3) is 0.316. The Morgan fingerprint density at radius 1 is 1.23 bits per heavy atom. The highest BCUT2D eigenvalue weighted by atomic mass is 32.2. The van der Waals surface area contributed by atoms with E-state index in [0.717, 1.165) is 16.8 Å². The number of sulfonamides is 1. The number of nitrogens with zero attached hydrogens (tertiary/aromatic N) is 5. The average molecular weight is 448 g/mol. The van der Waals surface area contributed by atoms with Gasteiger partial charge in [0.2, 0.25) is 10.0 Å². The Morgan fingerprint density at radius 2 is 2.03 bits per heavy atom. The molecule has 0 N–H and O–H groups in total. The van der Waals surface area contributed by atoms with Gasteiger partial charge in [0.1, 0.15) is 12.4 Å². The molecule has 30 heavy (non-hydrogen) atoms. The average Bonchev–Trinajstić information content (AvgIpc) is 3.42. The summed E-state index contributed by atoms with van der Waals surface area (Å²) < 4.78 is 34.6. The van der Waals surface area contributed by atoms with Crippen LogP contribution in [-0.2, 0) is 23.1 Å². The molecule has 0 saturated carbocycles. The molecule has 158 valence electrons. The van der Waals surface area contributed by atoms with Gasteiger partial charge in [-0.25, -0.2) is 22.5 Å². The largest absolute Gasteiger partial charge is 0.437 e. The van der Waals surface area contributed by atoms with Gasteiger partial charge in [0.25, 0.3) is 5.89 Å². The number of hydrogen-bond acceptors (Lipinski definition) is 7. The van der Waals surface area contributed by atoms with Gasteiger partial charge in [-0.05, 0) is 36.1 Å². The van der Waals surface area contributed by atoms with Crippen LogP contribution in [0, 0.1) is 0 Å². The van der Waals surface area contributed by atoms with Crippen molar-refractivity contribution in [2.24, 2.45) is 0 Å². The Morgan fingerprint density at radius 3 is 2.70 bits per heavy atom. The van der Waals surface area contributed by atoms with Gasteiger partial charge in [0, 0.05) is 20.6 Å². The van der Waals surface area contributed by atoms with Gasteiger partial charge >= 0.3 is 5.76 Å². The van der Waals surface area contributed by atoms with Gasteiger partial charge in [-0.2, -0.15) is 4.68 Å². The number of aryl methyl sites for hydroxylation is 1. The first-order chi connectivity index (χ1) is 14.3. The van der Waals surface area contributed by atoms with Crippen molar-refractivity contribution in [2.75, 3.05) is 14.1 Å². The molecule has 0 amide bonds. The molecule has 0 spiro atoms. The van der Waals surface area contributed by atoms with Gasteiger partial charge in [-0.1, -0.05) is 13.0 Å². The molecule has 3 heterocycles. The van der Waals surface area contributed by atoms with E-state index in [1.165, 1.54) is 34.4 Å². The summed E-state index contributed by atoms with van der Waals surface area (Å²) in [7, 11) is -0.591. The van der Waals surface area contributed by atoms with Crippen molar-refractivity contribution >= 4 is 32.4 Å². The van der Waals surface area contributed by atoms with Crippen molar-refractivity contribution in [1.82, 2.24) is 23.6 Å². The summed E-state index contributed by atoms with van der Waals surface area (Å²) in [5.74, 6) is 0.316. The molecule has 0 bridgehead atoms. The van der Waals surface area contributed by atoms with Crippen LogP contribution >= 0.6 is 11.3 Å². The molecule has 4 rings (SSSR count). The van der Waals surface area contributed by atoms with E-state index in [2.05, 4.69) is 10.1 Å². The van der Waals surface area contributed by atoms with Crippen molar-refractivity contribution in [2.45, 2.75) is 31.3 Å². The lowest BCUT2D eigenvalue weighted by molar-refractivity contribution is 0.486. The summed E-state index contributed by atoms with van der Waals surface area (Å²) in [4.78, 5) is 17.9. The Labute approximate surface area is 177 Å². The summed E-state index contributed by atoms with van der Waals surface area (Å²) in [5.41, 5.74) is 1.36. The molecule has 0 aliphatic rings. The van der Waals surface area contributed by atoms with Crippen molar-refractivity contribution in [3.8, 4) is 10.8 Å². The highest BCUT2D eigenvalue weighted by Gasteiger charge is 2.20. The molecule has 0 radical (unpaired) electrons. The van der Waals surface area contributed by atoms with Gasteiger partial charge < -0.3 is 8.98 Å². The second kappa shape index (κ2) is 7.82. The minimum atomic E-state index is -3.57. The molecule has 0 fully saturated rings. The first-order valence-electron chi connectivity index (χ1n) is 9.34. The van der Waals surface area contributed by atoms with Gasteiger partial charge in [0.15, 0.2) is 0 Å². The Balaban J connectivity index is 1.77. The Hall–Kier alpha value is -2.76. The van der Waals surface area contributed by atoms with E-state index in [1.807, 2.05) is 29.0 Å². The van der Waals surface area contributed by atoms with Crippen LogP contribution in [0.15, 0.2) is 49.8 Å². The molecular formula is C19H21N5O4S2. The van der Waals surface area contributed by atoms with Gasteiger partial charge in [-0.3, -0.25) is 0 Å². The minimum absolute atomic E-state index is 0.123. The third kappa shape index (κ3) is 3.59. The summed E-state index contributed by atoms with van der Waals surface area (Å²) in [5, 5.41) is 6.17. The van der Waals surface area contributed by atoms with Crippen molar-refractivity contribution in [3.05, 3.63) is 52.1 Å². The molecule has 0 aliphatic carbocycles. The number of fused-ring (bicyclic) bond motifs is 1. The molecule has 1 aromatic carbocycles. The van der Waals surface area contributed by atoms with Crippen molar-refractivity contribution < 1.29 is 12.8 Å². The van der Waals surface area contributed by atoms with Crippen molar-refractivity contribution in [3.63, 3.8) is 0 Å². The van der Waals surface area contributed by atoms with Crippen LogP contribution in [0.4, 0.5) is 0 Å². The summed E-state index contributed by atoms with van der Waals surface area (Å²) in [6, 6.07) is 8.58. The van der Waals surface area contributed by atoms with Crippen LogP contribution in [-0.4, -0.2) is 46.1 Å². The van der Waals surface area contributed by atoms with E-state index in [9.17, 15) is 13.2 Å². The van der Waals surface area contributed by atoms with Crippen LogP contribution in [0.3, 0.4) is 0 Å². The molecule has 3 aromatic heterocycles. The summed E-state index contributed by atoms with van der Waals surface area (Å²) >= 11 is 1.44. The van der Waals surface area contributed by atoms with Gasteiger partial charge in [-0.15, -0.1) is 16.4 Å². The van der Waals surface area contributed by atoms with E-state index in [1.54, 1.807) is 18.2 Å². The number of benzene rings is 1. The highest BCUT2D eigenvalue weighted by Crippen LogP contribution is 2.24. The second-order valence-electron chi connectivity index (χ2n) is 6.93. The van der Waals surface area contributed by atoms with Crippen LogP contribution < -0.4 is 5.76 Å². The zero-order valence-electron chi connectivity index (χ0n) is 16.8. The van der Waals surface area contributed by atoms with Crippen LogP contribution in [0.1, 0.15) is 19.2 Å². The molecule has 11 heteroatoms. The lowest BCUT2D eigenvalue weighted by atomic mass is 10.3. The number of thiophene rings is 1. The fourth-order valence-corrected chi connectivity index (χ4v) is 4.73. The predicted octanol–water partition coefficient (Wildman–Crippen LogP) is 2.62. The number of hydrogen-bond donors (Lipinski definition) is 0. The first kappa shape index (κ1) is 20.5. The maximum atomic E-state index is 12.5. The lowest BCUT2D eigenvalue weighted by Gasteiger charge is -2.11. The van der Waals surface area contributed by atoms with Crippen LogP contribution in [0.5, 0.6) is 0 Å².